The number of aromatic nitrogens is 5. The topological polar surface area (TPSA) is 94.8 Å². The summed E-state index contributed by atoms with van der Waals surface area (Å²) in [5.74, 6) is 1.44. The molecule has 2 aromatic heterocycles. The van der Waals surface area contributed by atoms with Gasteiger partial charge in [0.05, 0.1) is 24.2 Å². The van der Waals surface area contributed by atoms with Crippen molar-refractivity contribution >= 4 is 11.7 Å². The van der Waals surface area contributed by atoms with Crippen LogP contribution in [-0.2, 0) is 4.79 Å². The zero-order valence-corrected chi connectivity index (χ0v) is 18.7. The number of hydrogen-bond acceptors (Lipinski definition) is 6. The van der Waals surface area contributed by atoms with Gasteiger partial charge in [-0.05, 0) is 38.5 Å². The molecule has 0 fully saturated rings. The Morgan fingerprint density at radius 3 is 2.76 bits per heavy atom. The maximum atomic E-state index is 12.7. The van der Waals surface area contributed by atoms with E-state index in [0.717, 1.165) is 28.1 Å². The Bertz CT molecular complexity index is 1330. The second-order valence-electron chi connectivity index (χ2n) is 8.08. The number of nitrogens with one attached hydrogen (secondary N) is 1. The quantitative estimate of drug-likeness (QED) is 0.499. The van der Waals surface area contributed by atoms with Crippen LogP contribution in [0.15, 0.2) is 54.7 Å². The van der Waals surface area contributed by atoms with Crippen molar-refractivity contribution in [2.24, 2.45) is 0 Å². The summed E-state index contributed by atoms with van der Waals surface area (Å²) in [6.07, 6.45) is 1.95. The van der Waals surface area contributed by atoms with E-state index in [4.69, 9.17) is 4.74 Å². The Labute approximate surface area is 191 Å². The third-order valence-corrected chi connectivity index (χ3v) is 5.76. The van der Waals surface area contributed by atoms with Crippen LogP contribution in [0.25, 0.3) is 17.2 Å². The lowest BCUT2D eigenvalue weighted by Crippen LogP contribution is -2.25. The van der Waals surface area contributed by atoms with Gasteiger partial charge in [0.25, 0.3) is 5.95 Å². The number of anilines is 1. The summed E-state index contributed by atoms with van der Waals surface area (Å²) in [7, 11) is 0. The Morgan fingerprint density at radius 1 is 1.15 bits per heavy atom. The number of amides is 1. The van der Waals surface area contributed by atoms with Gasteiger partial charge in [0.15, 0.2) is 0 Å². The first kappa shape index (κ1) is 20.8. The fourth-order valence-corrected chi connectivity index (χ4v) is 4.21. The molecule has 0 aliphatic carbocycles. The van der Waals surface area contributed by atoms with Gasteiger partial charge in [-0.2, -0.15) is 14.9 Å². The highest BCUT2D eigenvalue weighted by Crippen LogP contribution is 2.40. The molecule has 4 aromatic rings. The number of carbonyl (C=O) groups excluding carboxylic acids is 1. The number of ether oxygens (including phenoxy) is 1. The highest BCUT2D eigenvalue weighted by Gasteiger charge is 2.33. The summed E-state index contributed by atoms with van der Waals surface area (Å²) < 4.78 is 7.25. The van der Waals surface area contributed by atoms with Crippen LogP contribution in [0.4, 0.5) is 5.82 Å². The van der Waals surface area contributed by atoms with E-state index in [1.807, 2.05) is 69.3 Å². The van der Waals surface area contributed by atoms with Gasteiger partial charge >= 0.3 is 0 Å². The lowest BCUT2D eigenvalue weighted by atomic mass is 9.86. The molecular weight excluding hydrogens is 416 g/mol. The second kappa shape index (κ2) is 8.46. The van der Waals surface area contributed by atoms with Crippen molar-refractivity contribution in [3.8, 4) is 23.0 Å². The van der Waals surface area contributed by atoms with Crippen molar-refractivity contribution in [1.29, 1.82) is 0 Å². The van der Waals surface area contributed by atoms with E-state index in [0.29, 0.717) is 30.5 Å². The number of carbonyl (C=O) groups is 1. The van der Waals surface area contributed by atoms with Gasteiger partial charge in [0, 0.05) is 23.5 Å². The molecule has 0 radical (unpaired) electrons. The average molecular weight is 441 g/mol. The predicted octanol–water partition coefficient (Wildman–Crippen LogP) is 4.21. The van der Waals surface area contributed by atoms with Crippen LogP contribution < -0.4 is 10.1 Å². The van der Waals surface area contributed by atoms with Crippen LogP contribution in [0.2, 0.25) is 0 Å². The molecule has 1 atom stereocenters. The molecular formula is C25H24N6O2. The first-order chi connectivity index (χ1) is 16.0. The van der Waals surface area contributed by atoms with Gasteiger partial charge in [-0.1, -0.05) is 42.0 Å². The Hall–Kier alpha value is -4.07. The third-order valence-electron chi connectivity index (χ3n) is 5.76. The molecule has 166 valence electrons. The molecule has 8 heteroatoms. The number of nitrogens with zero attached hydrogens (tertiary/aromatic N) is 5. The number of aryl methyl sites for hydroxylation is 2. The lowest BCUT2D eigenvalue weighted by Gasteiger charge is -2.24. The third kappa shape index (κ3) is 3.95. The van der Waals surface area contributed by atoms with E-state index in [1.54, 1.807) is 10.9 Å². The summed E-state index contributed by atoms with van der Waals surface area (Å²) in [5, 5.41) is 16.0. The van der Waals surface area contributed by atoms with Crippen LogP contribution in [0.1, 0.15) is 41.6 Å². The Kier molecular flexibility index (Phi) is 5.34. The van der Waals surface area contributed by atoms with Crippen LogP contribution in [0.3, 0.4) is 0 Å². The average Bonchev–Trinajstić information content (AvgIpc) is 3.15. The molecule has 5 rings (SSSR count). The fraction of sp³-hybridized carbons (Fsp3) is 0.240. The highest BCUT2D eigenvalue weighted by atomic mass is 16.5. The van der Waals surface area contributed by atoms with Gasteiger partial charge in [-0.15, -0.1) is 5.10 Å². The minimum absolute atomic E-state index is 0.0851. The van der Waals surface area contributed by atoms with E-state index in [-0.39, 0.29) is 11.8 Å². The molecule has 0 saturated carbocycles. The molecule has 1 N–H and O–H groups in total. The summed E-state index contributed by atoms with van der Waals surface area (Å²) in [4.78, 5) is 17.4. The Morgan fingerprint density at radius 2 is 1.97 bits per heavy atom. The number of fused-ring (bicyclic) bond motifs is 1. The highest BCUT2D eigenvalue weighted by molar-refractivity contribution is 5.95. The van der Waals surface area contributed by atoms with Gasteiger partial charge in [0.2, 0.25) is 5.91 Å². The van der Waals surface area contributed by atoms with Crippen LogP contribution in [-0.4, -0.2) is 37.5 Å². The number of hydrogen-bond donors (Lipinski definition) is 1. The molecule has 8 nitrogen and oxygen atoms in total. The number of rotatable bonds is 5. The minimum Gasteiger partial charge on any atom is -0.494 e. The van der Waals surface area contributed by atoms with Crippen molar-refractivity contribution in [2.75, 3.05) is 11.9 Å². The second-order valence-corrected chi connectivity index (χ2v) is 8.08. The molecule has 1 aliphatic heterocycles. The Balaban J connectivity index is 1.58. The summed E-state index contributed by atoms with van der Waals surface area (Å²) in [6.45, 7) is 6.50. The lowest BCUT2D eigenvalue weighted by molar-refractivity contribution is -0.116. The van der Waals surface area contributed by atoms with E-state index in [1.165, 1.54) is 5.56 Å². The van der Waals surface area contributed by atoms with Crippen molar-refractivity contribution in [3.63, 3.8) is 0 Å². The summed E-state index contributed by atoms with van der Waals surface area (Å²) in [6, 6.07) is 15.9. The molecule has 1 aliphatic rings. The summed E-state index contributed by atoms with van der Waals surface area (Å²) >= 11 is 0. The standard InChI is InChI=1S/C25H24N6O2/c1-4-33-19-7-5-6-18(12-19)20-13-22(32)28-24-23(20)16(3)30-31(24)25-27-21(14-26-29-25)17-10-8-15(2)9-11-17/h5-12,14,20H,4,13H2,1-3H3,(H,28,32)/t20-/m0/s1. The SMILES string of the molecule is CCOc1cccc([C@@H]2CC(=O)Nc3c2c(C)nn3-c2nncc(-c3ccc(C)cc3)n2)c1. The van der Waals surface area contributed by atoms with Crippen molar-refractivity contribution in [3.05, 3.63) is 77.1 Å². The first-order valence-electron chi connectivity index (χ1n) is 10.9. The van der Waals surface area contributed by atoms with E-state index < -0.39 is 0 Å². The van der Waals surface area contributed by atoms with E-state index in [9.17, 15) is 4.79 Å². The molecule has 0 unspecified atom stereocenters. The molecule has 0 saturated heterocycles. The van der Waals surface area contributed by atoms with Gasteiger partial charge < -0.3 is 10.1 Å². The van der Waals surface area contributed by atoms with E-state index in [2.05, 4.69) is 25.6 Å². The van der Waals surface area contributed by atoms with Gasteiger partial charge in [-0.25, -0.2) is 4.98 Å². The smallest absolute Gasteiger partial charge is 0.272 e. The van der Waals surface area contributed by atoms with Crippen LogP contribution >= 0.6 is 0 Å². The van der Waals surface area contributed by atoms with Crippen molar-refractivity contribution in [1.82, 2.24) is 25.0 Å². The van der Waals surface area contributed by atoms with Gasteiger partial charge in [-0.3, -0.25) is 4.79 Å². The van der Waals surface area contributed by atoms with Crippen LogP contribution in [0, 0.1) is 13.8 Å². The van der Waals surface area contributed by atoms with E-state index >= 15 is 0 Å². The normalized spacial score (nSPS) is 15.1. The molecule has 2 aromatic carbocycles. The first-order valence-corrected chi connectivity index (χ1v) is 10.9. The molecule has 0 bridgehead atoms. The summed E-state index contributed by atoms with van der Waals surface area (Å²) in [5.41, 5.74) is 5.55. The molecule has 0 spiro atoms. The fourth-order valence-electron chi connectivity index (χ4n) is 4.21. The van der Waals surface area contributed by atoms with Crippen molar-refractivity contribution in [2.45, 2.75) is 33.1 Å². The minimum atomic E-state index is -0.142. The maximum Gasteiger partial charge on any atom is 0.272 e. The zero-order valence-electron chi connectivity index (χ0n) is 18.7. The van der Waals surface area contributed by atoms with Crippen LogP contribution in [0.5, 0.6) is 5.75 Å². The van der Waals surface area contributed by atoms with Crippen molar-refractivity contribution < 1.29 is 9.53 Å². The molecule has 1 amide bonds. The number of benzene rings is 2. The predicted molar refractivity (Wildman–Crippen MR) is 125 cm³/mol. The van der Waals surface area contributed by atoms with Gasteiger partial charge in [0.1, 0.15) is 11.6 Å². The monoisotopic (exact) mass is 440 g/mol. The maximum absolute atomic E-state index is 12.7. The molecule has 33 heavy (non-hydrogen) atoms. The zero-order chi connectivity index (χ0) is 22.9. The largest absolute Gasteiger partial charge is 0.494 e. The molecule has 3 heterocycles.